The molecule has 0 saturated heterocycles. The third-order valence-electron chi connectivity index (χ3n) is 3.60. The van der Waals surface area contributed by atoms with Crippen molar-refractivity contribution in [1.29, 1.82) is 0 Å². The van der Waals surface area contributed by atoms with Crippen LogP contribution in [-0.4, -0.2) is 24.0 Å². The number of aromatic nitrogens is 2. The van der Waals surface area contributed by atoms with E-state index in [1.54, 1.807) is 44.6 Å². The van der Waals surface area contributed by atoms with E-state index in [1.165, 1.54) is 10.9 Å². The van der Waals surface area contributed by atoms with Crippen molar-refractivity contribution < 1.29 is 9.47 Å². The van der Waals surface area contributed by atoms with E-state index < -0.39 is 5.56 Å². The highest BCUT2D eigenvalue weighted by Gasteiger charge is 2.13. The highest BCUT2D eigenvalue weighted by atomic mass is 35.5. The highest BCUT2D eigenvalue weighted by molar-refractivity contribution is 6.33. The molecule has 0 radical (unpaired) electrons. The fourth-order valence-corrected chi connectivity index (χ4v) is 2.50. The molecule has 0 amide bonds. The number of ether oxygens (including phenoxy) is 2. The van der Waals surface area contributed by atoms with Crippen LogP contribution in [0.2, 0.25) is 5.02 Å². The van der Waals surface area contributed by atoms with Gasteiger partial charge in [0.05, 0.1) is 37.5 Å². The van der Waals surface area contributed by atoms with Crippen LogP contribution in [0, 0.1) is 0 Å². The summed E-state index contributed by atoms with van der Waals surface area (Å²) in [5.74, 6) is 1.22. The van der Waals surface area contributed by atoms with E-state index in [2.05, 4.69) is 10.4 Å². The number of rotatable bonds is 5. The summed E-state index contributed by atoms with van der Waals surface area (Å²) in [7, 11) is 3.12. The molecule has 3 rings (SSSR count). The third kappa shape index (κ3) is 3.44. The molecule has 7 heteroatoms. The molecule has 0 saturated carbocycles. The second kappa shape index (κ2) is 7.27. The Kier molecular flexibility index (Phi) is 4.90. The molecule has 1 N–H and O–H groups in total. The lowest BCUT2D eigenvalue weighted by Gasteiger charge is -2.14. The molecule has 0 unspecified atom stereocenters. The van der Waals surface area contributed by atoms with E-state index in [0.717, 1.165) is 0 Å². The third-order valence-corrected chi connectivity index (χ3v) is 3.96. The SMILES string of the molecule is COc1ccc(Nc2cnn(-c3ccccc3)c(=O)c2Cl)c(OC)c1. The Morgan fingerprint density at radius 2 is 1.80 bits per heavy atom. The molecule has 0 fully saturated rings. The van der Waals surface area contributed by atoms with Gasteiger partial charge in [-0.15, -0.1) is 0 Å². The van der Waals surface area contributed by atoms with Crippen LogP contribution in [-0.2, 0) is 0 Å². The zero-order valence-corrected chi connectivity index (χ0v) is 14.4. The number of anilines is 2. The molecule has 0 aliphatic carbocycles. The second-order valence-electron chi connectivity index (χ2n) is 5.12. The monoisotopic (exact) mass is 357 g/mol. The smallest absolute Gasteiger partial charge is 0.292 e. The van der Waals surface area contributed by atoms with Crippen molar-refractivity contribution in [3.8, 4) is 17.2 Å². The van der Waals surface area contributed by atoms with Gasteiger partial charge in [-0.2, -0.15) is 9.78 Å². The molecule has 6 nitrogen and oxygen atoms in total. The quantitative estimate of drug-likeness (QED) is 0.755. The van der Waals surface area contributed by atoms with E-state index in [1.807, 2.05) is 18.2 Å². The molecule has 1 aromatic heterocycles. The Labute approximate surface area is 149 Å². The number of methoxy groups -OCH3 is 2. The lowest BCUT2D eigenvalue weighted by molar-refractivity contribution is 0.395. The number of nitrogens with zero attached hydrogens (tertiary/aromatic N) is 2. The average Bonchev–Trinajstić information content (AvgIpc) is 2.66. The molecule has 0 atom stereocenters. The summed E-state index contributed by atoms with van der Waals surface area (Å²) in [5.41, 5.74) is 1.26. The number of para-hydroxylation sites is 1. The van der Waals surface area contributed by atoms with Crippen LogP contribution in [0.4, 0.5) is 11.4 Å². The van der Waals surface area contributed by atoms with Gasteiger partial charge in [0.25, 0.3) is 5.56 Å². The molecule has 0 aliphatic heterocycles. The number of halogens is 1. The second-order valence-corrected chi connectivity index (χ2v) is 5.49. The van der Waals surface area contributed by atoms with Crippen LogP contribution < -0.4 is 20.3 Å². The summed E-state index contributed by atoms with van der Waals surface area (Å²) in [5, 5.41) is 7.30. The van der Waals surface area contributed by atoms with Crippen molar-refractivity contribution in [2.75, 3.05) is 19.5 Å². The predicted molar refractivity (Wildman–Crippen MR) is 97.7 cm³/mol. The van der Waals surface area contributed by atoms with Gasteiger partial charge in [0.15, 0.2) is 0 Å². The van der Waals surface area contributed by atoms with Gasteiger partial charge in [0.1, 0.15) is 16.5 Å². The maximum Gasteiger partial charge on any atom is 0.292 e. The first-order valence-electron chi connectivity index (χ1n) is 7.46. The Hall–Kier alpha value is -2.99. The zero-order valence-electron chi connectivity index (χ0n) is 13.7. The average molecular weight is 358 g/mol. The van der Waals surface area contributed by atoms with Gasteiger partial charge in [-0.25, -0.2) is 0 Å². The lowest BCUT2D eigenvalue weighted by atomic mass is 10.2. The molecular formula is C18H16ClN3O3. The first-order valence-corrected chi connectivity index (χ1v) is 7.84. The van der Waals surface area contributed by atoms with Crippen molar-refractivity contribution in [2.45, 2.75) is 0 Å². The van der Waals surface area contributed by atoms with Crippen molar-refractivity contribution in [3.63, 3.8) is 0 Å². The van der Waals surface area contributed by atoms with E-state index in [4.69, 9.17) is 21.1 Å². The highest BCUT2D eigenvalue weighted by Crippen LogP contribution is 2.32. The normalized spacial score (nSPS) is 10.4. The first-order chi connectivity index (χ1) is 12.1. The van der Waals surface area contributed by atoms with Crippen LogP contribution in [0.15, 0.2) is 59.5 Å². The summed E-state index contributed by atoms with van der Waals surface area (Å²) < 4.78 is 11.8. The van der Waals surface area contributed by atoms with Gasteiger partial charge in [0, 0.05) is 6.07 Å². The standard InChI is InChI=1S/C18H16ClN3O3/c1-24-13-8-9-14(16(10-13)25-2)21-15-11-20-22(18(23)17(15)19)12-6-4-3-5-7-12/h3-11,21H,1-2H3. The Morgan fingerprint density at radius 1 is 1.04 bits per heavy atom. The van der Waals surface area contributed by atoms with Crippen LogP contribution in [0.5, 0.6) is 11.5 Å². The van der Waals surface area contributed by atoms with Crippen LogP contribution in [0.25, 0.3) is 5.69 Å². The summed E-state index contributed by atoms with van der Waals surface area (Å²) in [6.07, 6.45) is 1.50. The molecule has 25 heavy (non-hydrogen) atoms. The molecular weight excluding hydrogens is 342 g/mol. The van der Waals surface area contributed by atoms with E-state index in [-0.39, 0.29) is 5.02 Å². The van der Waals surface area contributed by atoms with Crippen molar-refractivity contribution >= 4 is 23.0 Å². The van der Waals surface area contributed by atoms with Crippen molar-refractivity contribution in [1.82, 2.24) is 9.78 Å². The molecule has 0 spiro atoms. The lowest BCUT2D eigenvalue weighted by Crippen LogP contribution is -2.22. The van der Waals surface area contributed by atoms with Crippen LogP contribution in [0.1, 0.15) is 0 Å². The minimum atomic E-state index is -0.412. The van der Waals surface area contributed by atoms with E-state index in [0.29, 0.717) is 28.6 Å². The molecule has 3 aromatic rings. The Morgan fingerprint density at radius 3 is 2.48 bits per heavy atom. The van der Waals surface area contributed by atoms with Gasteiger partial charge in [-0.3, -0.25) is 4.79 Å². The van der Waals surface area contributed by atoms with Gasteiger partial charge >= 0.3 is 0 Å². The summed E-state index contributed by atoms with van der Waals surface area (Å²) in [4.78, 5) is 12.5. The van der Waals surface area contributed by atoms with Crippen LogP contribution in [0.3, 0.4) is 0 Å². The Bertz CT molecular complexity index is 942. The number of benzene rings is 2. The maximum absolute atomic E-state index is 12.5. The predicted octanol–water partition coefficient (Wildman–Crippen LogP) is 3.65. The van der Waals surface area contributed by atoms with Crippen molar-refractivity contribution in [2.24, 2.45) is 0 Å². The molecule has 1 heterocycles. The van der Waals surface area contributed by atoms with Crippen molar-refractivity contribution in [3.05, 3.63) is 70.1 Å². The van der Waals surface area contributed by atoms with E-state index >= 15 is 0 Å². The topological polar surface area (TPSA) is 65.4 Å². The van der Waals surface area contributed by atoms with Gasteiger partial charge in [-0.1, -0.05) is 29.8 Å². The minimum absolute atomic E-state index is 0.0386. The van der Waals surface area contributed by atoms with Crippen LogP contribution >= 0.6 is 11.6 Å². The largest absolute Gasteiger partial charge is 0.497 e. The summed E-state index contributed by atoms with van der Waals surface area (Å²) >= 11 is 6.25. The van der Waals surface area contributed by atoms with Gasteiger partial charge in [0.2, 0.25) is 0 Å². The summed E-state index contributed by atoms with van der Waals surface area (Å²) in [6.45, 7) is 0. The number of nitrogens with one attached hydrogen (secondary N) is 1. The van der Waals surface area contributed by atoms with Gasteiger partial charge < -0.3 is 14.8 Å². The number of hydrogen-bond donors (Lipinski definition) is 1. The first kappa shape index (κ1) is 16.9. The number of hydrogen-bond acceptors (Lipinski definition) is 5. The Balaban J connectivity index is 1.97. The molecule has 0 aliphatic rings. The molecule has 2 aromatic carbocycles. The van der Waals surface area contributed by atoms with E-state index in [9.17, 15) is 4.79 Å². The fraction of sp³-hybridized carbons (Fsp3) is 0.111. The zero-order chi connectivity index (χ0) is 17.8. The fourth-order valence-electron chi connectivity index (χ4n) is 2.32. The molecule has 128 valence electrons. The molecule has 0 bridgehead atoms. The minimum Gasteiger partial charge on any atom is -0.497 e. The van der Waals surface area contributed by atoms with Gasteiger partial charge in [-0.05, 0) is 24.3 Å². The summed E-state index contributed by atoms with van der Waals surface area (Å²) in [6, 6.07) is 14.4. The maximum atomic E-state index is 12.5.